The smallest absolute Gasteiger partial charge is 0.0459 e. The first-order chi connectivity index (χ1) is 8.84. The molecule has 2 nitrogen and oxygen atoms in total. The number of hydrogen-bond acceptors (Lipinski definition) is 1. The van der Waals surface area contributed by atoms with Gasteiger partial charge in [0, 0.05) is 16.6 Å². The summed E-state index contributed by atoms with van der Waals surface area (Å²) in [5.41, 5.74) is 11.3. The molecule has 0 atom stereocenters. The lowest BCUT2D eigenvalue weighted by molar-refractivity contribution is 0.591. The normalized spacial score (nSPS) is 12.6. The molecule has 0 radical (unpaired) electrons. The highest BCUT2D eigenvalue weighted by atomic mass is 14.7. The highest BCUT2D eigenvalue weighted by Crippen LogP contribution is 2.32. The van der Waals surface area contributed by atoms with Gasteiger partial charge >= 0.3 is 0 Å². The highest BCUT2D eigenvalue weighted by Gasteiger charge is 2.18. The highest BCUT2D eigenvalue weighted by molar-refractivity contribution is 5.86. The third-order valence-electron chi connectivity index (χ3n) is 3.78. The fourth-order valence-electron chi connectivity index (χ4n) is 2.64. The first-order valence-electron chi connectivity index (χ1n) is 7.19. The zero-order chi connectivity index (χ0) is 14.2. The van der Waals surface area contributed by atoms with Crippen LogP contribution in [0, 0.1) is 0 Å². The van der Waals surface area contributed by atoms with Gasteiger partial charge in [-0.15, -0.1) is 0 Å². The molecule has 3 N–H and O–H groups in total. The largest absolute Gasteiger partial charge is 0.358 e. The van der Waals surface area contributed by atoms with E-state index in [2.05, 4.69) is 57.8 Å². The van der Waals surface area contributed by atoms with Gasteiger partial charge in [-0.25, -0.2) is 0 Å². The molecule has 1 heterocycles. The number of nitrogens with two attached hydrogens (primary N) is 1. The minimum absolute atomic E-state index is 0.184. The van der Waals surface area contributed by atoms with Crippen molar-refractivity contribution in [2.45, 2.75) is 52.4 Å². The van der Waals surface area contributed by atoms with E-state index < -0.39 is 0 Å². The van der Waals surface area contributed by atoms with Crippen LogP contribution in [0.1, 0.15) is 57.4 Å². The van der Waals surface area contributed by atoms with E-state index in [0.717, 1.165) is 6.42 Å². The Bertz CT molecular complexity index is 571. The molecular formula is C17H26N2. The minimum atomic E-state index is 0.184. The van der Waals surface area contributed by atoms with Crippen molar-refractivity contribution in [3.05, 3.63) is 35.0 Å². The predicted molar refractivity (Wildman–Crippen MR) is 83.8 cm³/mol. The lowest BCUT2D eigenvalue weighted by Gasteiger charge is -2.19. The van der Waals surface area contributed by atoms with E-state index in [1.165, 1.54) is 27.7 Å². The fourth-order valence-corrected chi connectivity index (χ4v) is 2.64. The second-order valence-corrected chi connectivity index (χ2v) is 6.72. The van der Waals surface area contributed by atoms with Gasteiger partial charge in [0.15, 0.2) is 0 Å². The van der Waals surface area contributed by atoms with Crippen LogP contribution in [0.25, 0.3) is 10.9 Å². The van der Waals surface area contributed by atoms with Crippen LogP contribution < -0.4 is 5.73 Å². The Kier molecular flexibility index (Phi) is 3.73. The van der Waals surface area contributed by atoms with Gasteiger partial charge in [0.2, 0.25) is 0 Å². The summed E-state index contributed by atoms with van der Waals surface area (Å²) in [7, 11) is 0. The van der Waals surface area contributed by atoms with Crippen LogP contribution in [0.15, 0.2) is 18.2 Å². The number of aromatic nitrogens is 1. The maximum Gasteiger partial charge on any atom is 0.0459 e. The number of aromatic amines is 1. The summed E-state index contributed by atoms with van der Waals surface area (Å²) in [4.78, 5) is 3.57. The number of nitrogens with one attached hydrogen (secondary N) is 1. The molecule has 2 aromatic rings. The van der Waals surface area contributed by atoms with Gasteiger partial charge in [-0.05, 0) is 47.6 Å². The predicted octanol–water partition coefficient (Wildman–Crippen LogP) is 4.09. The van der Waals surface area contributed by atoms with Crippen LogP contribution in [-0.4, -0.2) is 11.5 Å². The van der Waals surface area contributed by atoms with Crippen LogP contribution in [-0.2, 0) is 11.8 Å². The average molecular weight is 258 g/mol. The maximum atomic E-state index is 5.79. The van der Waals surface area contributed by atoms with Gasteiger partial charge in [-0.1, -0.05) is 40.7 Å². The SMILES string of the molecule is CC(C)c1[nH]c2ccc(C(C)(C)C)cc2c1CCN. The Hall–Kier alpha value is -1.28. The van der Waals surface area contributed by atoms with E-state index in [0.29, 0.717) is 12.5 Å². The quantitative estimate of drug-likeness (QED) is 0.855. The van der Waals surface area contributed by atoms with E-state index >= 15 is 0 Å². The summed E-state index contributed by atoms with van der Waals surface area (Å²) in [5.74, 6) is 0.507. The van der Waals surface area contributed by atoms with Crippen LogP contribution in [0.5, 0.6) is 0 Å². The molecule has 0 aliphatic carbocycles. The molecular weight excluding hydrogens is 232 g/mol. The van der Waals surface area contributed by atoms with Gasteiger partial charge in [-0.3, -0.25) is 0 Å². The van der Waals surface area contributed by atoms with Gasteiger partial charge in [0.1, 0.15) is 0 Å². The van der Waals surface area contributed by atoms with Crippen LogP contribution >= 0.6 is 0 Å². The number of benzene rings is 1. The summed E-state index contributed by atoms with van der Waals surface area (Å²) in [6.07, 6.45) is 0.946. The Morgan fingerprint density at radius 3 is 2.42 bits per heavy atom. The van der Waals surface area contributed by atoms with Crippen molar-refractivity contribution >= 4 is 10.9 Å². The standard InChI is InChI=1S/C17H26N2/c1-11(2)16-13(8-9-18)14-10-12(17(3,4)5)6-7-15(14)19-16/h6-7,10-11,19H,8-9,18H2,1-5H3. The molecule has 0 unspecified atom stereocenters. The number of fused-ring (bicyclic) bond motifs is 1. The molecule has 0 saturated carbocycles. The van der Waals surface area contributed by atoms with Crippen molar-refractivity contribution in [2.75, 3.05) is 6.54 Å². The van der Waals surface area contributed by atoms with E-state index in [1.807, 2.05) is 0 Å². The maximum absolute atomic E-state index is 5.79. The summed E-state index contributed by atoms with van der Waals surface area (Å²) >= 11 is 0. The van der Waals surface area contributed by atoms with E-state index in [4.69, 9.17) is 5.73 Å². The molecule has 19 heavy (non-hydrogen) atoms. The topological polar surface area (TPSA) is 41.8 Å². The Morgan fingerprint density at radius 1 is 1.21 bits per heavy atom. The third kappa shape index (κ3) is 2.69. The zero-order valence-corrected chi connectivity index (χ0v) is 12.8. The Balaban J connectivity index is 2.66. The van der Waals surface area contributed by atoms with Gasteiger partial charge < -0.3 is 10.7 Å². The second-order valence-electron chi connectivity index (χ2n) is 6.72. The summed E-state index contributed by atoms with van der Waals surface area (Å²) < 4.78 is 0. The van der Waals surface area contributed by atoms with Crippen molar-refractivity contribution in [3.63, 3.8) is 0 Å². The monoisotopic (exact) mass is 258 g/mol. The van der Waals surface area contributed by atoms with E-state index in [1.54, 1.807) is 0 Å². The Labute approximate surface area is 116 Å². The number of hydrogen-bond donors (Lipinski definition) is 2. The summed E-state index contributed by atoms with van der Waals surface area (Å²) in [6, 6.07) is 6.78. The molecule has 2 heteroatoms. The van der Waals surface area contributed by atoms with Crippen molar-refractivity contribution in [1.29, 1.82) is 0 Å². The van der Waals surface area contributed by atoms with Gasteiger partial charge in [-0.2, -0.15) is 0 Å². The molecule has 1 aromatic carbocycles. The fraction of sp³-hybridized carbons (Fsp3) is 0.529. The molecule has 0 saturated heterocycles. The molecule has 1 aromatic heterocycles. The number of H-pyrrole nitrogens is 1. The molecule has 2 rings (SSSR count). The molecule has 0 aliphatic heterocycles. The van der Waals surface area contributed by atoms with Crippen LogP contribution in [0.3, 0.4) is 0 Å². The Morgan fingerprint density at radius 2 is 1.89 bits per heavy atom. The molecule has 0 fully saturated rings. The molecule has 0 amide bonds. The molecule has 0 aliphatic rings. The van der Waals surface area contributed by atoms with E-state index in [-0.39, 0.29) is 5.41 Å². The first-order valence-corrected chi connectivity index (χ1v) is 7.19. The van der Waals surface area contributed by atoms with Gasteiger partial charge in [0.25, 0.3) is 0 Å². The van der Waals surface area contributed by atoms with Crippen LogP contribution in [0.2, 0.25) is 0 Å². The summed E-state index contributed by atoms with van der Waals surface area (Å²) in [5, 5.41) is 1.35. The lowest BCUT2D eigenvalue weighted by Crippen LogP contribution is -2.10. The minimum Gasteiger partial charge on any atom is -0.358 e. The average Bonchev–Trinajstić information content (AvgIpc) is 2.67. The lowest BCUT2D eigenvalue weighted by atomic mass is 9.86. The molecule has 0 spiro atoms. The van der Waals surface area contributed by atoms with Crippen molar-refractivity contribution in [3.8, 4) is 0 Å². The first kappa shape index (κ1) is 14.1. The summed E-state index contributed by atoms with van der Waals surface area (Å²) in [6.45, 7) is 11.9. The second kappa shape index (κ2) is 5.01. The number of rotatable bonds is 3. The van der Waals surface area contributed by atoms with E-state index in [9.17, 15) is 0 Å². The molecule has 0 bridgehead atoms. The third-order valence-corrected chi connectivity index (χ3v) is 3.78. The van der Waals surface area contributed by atoms with Crippen molar-refractivity contribution in [2.24, 2.45) is 5.73 Å². The van der Waals surface area contributed by atoms with Crippen LogP contribution in [0.4, 0.5) is 0 Å². The van der Waals surface area contributed by atoms with Gasteiger partial charge in [0.05, 0.1) is 0 Å². The van der Waals surface area contributed by atoms with Crippen molar-refractivity contribution in [1.82, 2.24) is 4.98 Å². The van der Waals surface area contributed by atoms with Crippen molar-refractivity contribution < 1.29 is 0 Å². The zero-order valence-electron chi connectivity index (χ0n) is 12.8. The molecule has 104 valence electrons.